The van der Waals surface area contributed by atoms with Crippen LogP contribution in [0.3, 0.4) is 0 Å². The highest BCUT2D eigenvalue weighted by Gasteiger charge is 2.22. The normalized spacial score (nSPS) is 13.3. The molecule has 108 valence electrons. The van der Waals surface area contributed by atoms with Crippen molar-refractivity contribution < 1.29 is 8.42 Å². The number of thiophene rings is 1. The lowest BCUT2D eigenvalue weighted by molar-refractivity contribution is 0.568. The molecule has 0 amide bonds. The van der Waals surface area contributed by atoms with Crippen LogP contribution in [-0.2, 0) is 10.0 Å². The number of nitrogens with two attached hydrogens (primary N) is 1. The zero-order chi connectivity index (χ0) is 14.9. The summed E-state index contributed by atoms with van der Waals surface area (Å²) in [7, 11) is -3.71. The number of anilines is 1. The van der Waals surface area contributed by atoms with Crippen LogP contribution < -0.4 is 10.5 Å². The van der Waals surface area contributed by atoms with E-state index in [1.165, 1.54) is 12.3 Å². The molecule has 0 saturated heterocycles. The van der Waals surface area contributed by atoms with Gasteiger partial charge in [0.05, 0.1) is 6.04 Å². The SMILES string of the molecule is Cc1ccc(C(C)NS(=O)(=O)c2cc(Br)cnc2N)s1. The number of nitrogens with one attached hydrogen (secondary N) is 1. The van der Waals surface area contributed by atoms with Gasteiger partial charge in [-0.15, -0.1) is 11.3 Å². The van der Waals surface area contributed by atoms with Crippen molar-refractivity contribution in [2.75, 3.05) is 5.73 Å². The van der Waals surface area contributed by atoms with E-state index in [0.29, 0.717) is 4.47 Å². The third kappa shape index (κ3) is 3.38. The van der Waals surface area contributed by atoms with Crippen LogP contribution >= 0.6 is 27.3 Å². The van der Waals surface area contributed by atoms with Crippen molar-refractivity contribution in [1.82, 2.24) is 9.71 Å². The van der Waals surface area contributed by atoms with Crippen LogP contribution in [0.2, 0.25) is 0 Å². The molecule has 0 bridgehead atoms. The minimum atomic E-state index is -3.71. The number of aryl methyl sites for hydroxylation is 1. The van der Waals surface area contributed by atoms with Crippen molar-refractivity contribution in [3.63, 3.8) is 0 Å². The molecule has 0 fully saturated rings. The van der Waals surface area contributed by atoms with Crippen molar-refractivity contribution in [2.45, 2.75) is 24.8 Å². The van der Waals surface area contributed by atoms with E-state index < -0.39 is 10.0 Å². The number of hydrogen-bond donors (Lipinski definition) is 2. The molecule has 0 saturated carbocycles. The first-order valence-electron chi connectivity index (χ1n) is 5.79. The summed E-state index contributed by atoms with van der Waals surface area (Å²) in [5, 5.41) is 0. The fourth-order valence-corrected chi connectivity index (χ4v) is 4.45. The van der Waals surface area contributed by atoms with E-state index in [1.54, 1.807) is 18.3 Å². The summed E-state index contributed by atoms with van der Waals surface area (Å²) < 4.78 is 27.9. The maximum absolute atomic E-state index is 12.3. The van der Waals surface area contributed by atoms with Gasteiger partial charge in [0.15, 0.2) is 0 Å². The third-order valence-electron chi connectivity index (χ3n) is 2.66. The minimum absolute atomic E-state index is 0.0183. The number of hydrogen-bond acceptors (Lipinski definition) is 5. The Morgan fingerprint density at radius 1 is 1.45 bits per heavy atom. The Hall–Kier alpha value is -0.960. The van der Waals surface area contributed by atoms with E-state index in [-0.39, 0.29) is 16.8 Å². The molecule has 0 radical (unpaired) electrons. The Labute approximate surface area is 130 Å². The monoisotopic (exact) mass is 375 g/mol. The van der Waals surface area contributed by atoms with Crippen LogP contribution in [0.15, 0.2) is 33.8 Å². The molecule has 1 atom stereocenters. The lowest BCUT2D eigenvalue weighted by Gasteiger charge is -2.14. The summed E-state index contributed by atoms with van der Waals surface area (Å²) in [6.45, 7) is 3.77. The average molecular weight is 376 g/mol. The van der Waals surface area contributed by atoms with Gasteiger partial charge < -0.3 is 5.73 Å². The molecule has 2 rings (SSSR count). The lowest BCUT2D eigenvalue weighted by atomic mass is 10.3. The highest BCUT2D eigenvalue weighted by Crippen LogP contribution is 2.26. The summed E-state index contributed by atoms with van der Waals surface area (Å²) in [5.41, 5.74) is 5.65. The molecule has 5 nitrogen and oxygen atoms in total. The Bertz CT molecular complexity index is 728. The maximum Gasteiger partial charge on any atom is 0.244 e. The Morgan fingerprint density at radius 2 is 2.15 bits per heavy atom. The van der Waals surface area contributed by atoms with E-state index in [2.05, 4.69) is 25.6 Å². The predicted molar refractivity (Wildman–Crippen MR) is 84.1 cm³/mol. The first kappa shape index (κ1) is 15.4. The van der Waals surface area contributed by atoms with E-state index in [1.807, 2.05) is 19.1 Å². The van der Waals surface area contributed by atoms with E-state index in [4.69, 9.17) is 5.73 Å². The predicted octanol–water partition coefficient (Wildman–Crippen LogP) is 2.84. The second-order valence-electron chi connectivity index (χ2n) is 4.33. The number of nitrogens with zero attached hydrogens (tertiary/aromatic N) is 1. The first-order valence-corrected chi connectivity index (χ1v) is 8.88. The molecular formula is C12H14BrN3O2S2. The standard InChI is InChI=1S/C12H14BrN3O2S2/c1-7-3-4-10(19-7)8(2)16-20(17,18)11-5-9(13)6-15-12(11)14/h3-6,8,16H,1-2H3,(H2,14,15). The molecule has 8 heteroatoms. The van der Waals surface area contributed by atoms with Gasteiger partial charge in [-0.05, 0) is 48.0 Å². The number of halogens is 1. The van der Waals surface area contributed by atoms with E-state index in [0.717, 1.165) is 9.75 Å². The van der Waals surface area contributed by atoms with Crippen molar-refractivity contribution in [3.8, 4) is 0 Å². The average Bonchev–Trinajstić information content (AvgIpc) is 2.78. The zero-order valence-corrected chi connectivity index (χ0v) is 14.1. The molecule has 0 aliphatic rings. The molecule has 3 N–H and O–H groups in total. The van der Waals surface area contributed by atoms with Gasteiger partial charge >= 0.3 is 0 Å². The maximum atomic E-state index is 12.3. The number of sulfonamides is 1. The highest BCUT2D eigenvalue weighted by atomic mass is 79.9. The second kappa shape index (κ2) is 5.80. The largest absolute Gasteiger partial charge is 0.383 e. The molecule has 0 spiro atoms. The quantitative estimate of drug-likeness (QED) is 0.859. The van der Waals surface area contributed by atoms with Crippen molar-refractivity contribution in [2.24, 2.45) is 0 Å². The molecule has 1 unspecified atom stereocenters. The van der Waals surface area contributed by atoms with Gasteiger partial charge in [0.2, 0.25) is 10.0 Å². The number of rotatable bonds is 4. The fourth-order valence-electron chi connectivity index (χ4n) is 1.69. The van der Waals surface area contributed by atoms with Crippen molar-refractivity contribution >= 4 is 43.1 Å². The lowest BCUT2D eigenvalue weighted by Crippen LogP contribution is -2.27. The summed E-state index contributed by atoms with van der Waals surface area (Å²) in [6.07, 6.45) is 1.46. The molecule has 2 aromatic heterocycles. The number of pyridine rings is 1. The van der Waals surface area contributed by atoms with Crippen LogP contribution in [0.4, 0.5) is 5.82 Å². The molecule has 0 aliphatic heterocycles. The van der Waals surface area contributed by atoms with E-state index in [9.17, 15) is 8.42 Å². The van der Waals surface area contributed by atoms with Crippen molar-refractivity contribution in [3.05, 3.63) is 38.6 Å². The van der Waals surface area contributed by atoms with Gasteiger partial charge in [-0.3, -0.25) is 0 Å². The Morgan fingerprint density at radius 3 is 2.75 bits per heavy atom. The van der Waals surface area contributed by atoms with E-state index >= 15 is 0 Å². The zero-order valence-electron chi connectivity index (χ0n) is 10.9. The van der Waals surface area contributed by atoms with Gasteiger partial charge in [0.25, 0.3) is 0 Å². The Balaban J connectivity index is 2.29. The summed E-state index contributed by atoms with van der Waals surface area (Å²) in [4.78, 5) is 5.91. The molecular weight excluding hydrogens is 362 g/mol. The van der Waals surface area contributed by atoms with Crippen LogP contribution in [0.5, 0.6) is 0 Å². The van der Waals surface area contributed by atoms with Crippen LogP contribution in [0.25, 0.3) is 0 Å². The fraction of sp³-hybridized carbons (Fsp3) is 0.250. The summed E-state index contributed by atoms with van der Waals surface area (Å²) >= 11 is 4.75. The second-order valence-corrected chi connectivity index (χ2v) is 8.25. The molecule has 20 heavy (non-hydrogen) atoms. The van der Waals surface area contributed by atoms with Gasteiger partial charge in [-0.25, -0.2) is 18.1 Å². The van der Waals surface area contributed by atoms with Gasteiger partial charge in [-0.1, -0.05) is 0 Å². The highest BCUT2D eigenvalue weighted by molar-refractivity contribution is 9.10. The Kier molecular flexibility index (Phi) is 4.48. The topological polar surface area (TPSA) is 85.1 Å². The molecule has 0 aliphatic carbocycles. The van der Waals surface area contributed by atoms with Gasteiger partial charge in [0.1, 0.15) is 10.7 Å². The smallest absolute Gasteiger partial charge is 0.244 e. The van der Waals surface area contributed by atoms with Gasteiger partial charge in [-0.2, -0.15) is 0 Å². The first-order chi connectivity index (χ1) is 9.29. The van der Waals surface area contributed by atoms with Crippen molar-refractivity contribution in [1.29, 1.82) is 0 Å². The molecule has 2 aromatic rings. The van der Waals surface area contributed by atoms with Crippen LogP contribution in [-0.4, -0.2) is 13.4 Å². The van der Waals surface area contributed by atoms with Gasteiger partial charge in [0, 0.05) is 20.4 Å². The number of aromatic nitrogens is 1. The minimum Gasteiger partial charge on any atom is -0.383 e. The van der Waals surface area contributed by atoms with Crippen LogP contribution in [0, 0.1) is 6.92 Å². The summed E-state index contributed by atoms with van der Waals surface area (Å²) in [5.74, 6) is -0.0183. The third-order valence-corrected chi connectivity index (χ3v) is 5.84. The summed E-state index contributed by atoms with van der Waals surface area (Å²) in [6, 6.07) is 4.99. The number of nitrogen functional groups attached to an aromatic ring is 1. The molecule has 2 heterocycles. The molecule has 0 aromatic carbocycles. The van der Waals surface area contributed by atoms with Crippen LogP contribution in [0.1, 0.15) is 22.7 Å².